The van der Waals surface area contributed by atoms with Crippen molar-refractivity contribution in [2.45, 2.75) is 33.1 Å². The summed E-state index contributed by atoms with van der Waals surface area (Å²) in [6.07, 6.45) is 4.14. The van der Waals surface area contributed by atoms with Crippen molar-refractivity contribution in [2.75, 3.05) is 31.5 Å². The van der Waals surface area contributed by atoms with Crippen LogP contribution in [0.15, 0.2) is 24.3 Å². The van der Waals surface area contributed by atoms with Gasteiger partial charge in [0.2, 0.25) is 0 Å². The molecular formula is C16H26N2. The van der Waals surface area contributed by atoms with Gasteiger partial charge in [0.15, 0.2) is 0 Å². The molecule has 2 rings (SSSR count). The van der Waals surface area contributed by atoms with E-state index in [1.54, 1.807) is 0 Å². The smallest absolute Gasteiger partial charge is 0.0340 e. The zero-order valence-electron chi connectivity index (χ0n) is 11.8. The molecule has 0 saturated carbocycles. The lowest BCUT2D eigenvalue weighted by Gasteiger charge is -2.20. The van der Waals surface area contributed by atoms with E-state index in [1.165, 1.54) is 50.1 Å². The molecule has 1 aromatic carbocycles. The predicted octanol–water partition coefficient (Wildman–Crippen LogP) is 3.53. The van der Waals surface area contributed by atoms with Crippen LogP contribution in [-0.2, 0) is 0 Å². The number of hydrogen-bond acceptors (Lipinski definition) is 2. The first-order chi connectivity index (χ1) is 8.74. The summed E-state index contributed by atoms with van der Waals surface area (Å²) in [6.45, 7) is 9.28. The van der Waals surface area contributed by atoms with Crippen LogP contribution >= 0.6 is 0 Å². The van der Waals surface area contributed by atoms with Gasteiger partial charge in [0, 0.05) is 18.8 Å². The average molecular weight is 246 g/mol. The number of aryl methyl sites for hydroxylation is 1. The number of hydrogen-bond donors (Lipinski definition) is 1. The van der Waals surface area contributed by atoms with Crippen molar-refractivity contribution in [1.29, 1.82) is 0 Å². The van der Waals surface area contributed by atoms with Gasteiger partial charge in [-0.05, 0) is 57.3 Å². The Morgan fingerprint density at radius 2 is 1.94 bits per heavy atom. The molecule has 1 unspecified atom stereocenters. The lowest BCUT2D eigenvalue weighted by Crippen LogP contribution is -2.30. The summed E-state index contributed by atoms with van der Waals surface area (Å²) in [5.74, 6) is 0.917. The lowest BCUT2D eigenvalue weighted by molar-refractivity contribution is 0.292. The molecule has 2 nitrogen and oxygen atoms in total. The molecule has 1 heterocycles. The highest BCUT2D eigenvalue weighted by Crippen LogP contribution is 2.16. The Hall–Kier alpha value is -1.02. The molecule has 1 fully saturated rings. The molecular weight excluding hydrogens is 220 g/mol. The van der Waals surface area contributed by atoms with Crippen LogP contribution in [0.2, 0.25) is 0 Å². The Morgan fingerprint density at radius 1 is 1.17 bits per heavy atom. The van der Waals surface area contributed by atoms with Crippen LogP contribution in [0.4, 0.5) is 5.69 Å². The summed E-state index contributed by atoms with van der Waals surface area (Å²) >= 11 is 0. The summed E-state index contributed by atoms with van der Waals surface area (Å²) in [5.41, 5.74) is 2.56. The van der Waals surface area contributed by atoms with Crippen molar-refractivity contribution in [1.82, 2.24) is 4.90 Å². The van der Waals surface area contributed by atoms with Crippen molar-refractivity contribution >= 4 is 5.69 Å². The van der Waals surface area contributed by atoms with Crippen molar-refractivity contribution in [3.05, 3.63) is 29.8 Å². The van der Waals surface area contributed by atoms with E-state index in [1.807, 2.05) is 0 Å². The van der Waals surface area contributed by atoms with Crippen molar-refractivity contribution in [2.24, 2.45) is 5.92 Å². The van der Waals surface area contributed by atoms with Gasteiger partial charge in [0.05, 0.1) is 0 Å². The minimum atomic E-state index is 0.917. The quantitative estimate of drug-likeness (QED) is 0.874. The minimum Gasteiger partial charge on any atom is -0.384 e. The van der Waals surface area contributed by atoms with E-state index in [4.69, 9.17) is 0 Å². The zero-order chi connectivity index (χ0) is 12.8. The maximum Gasteiger partial charge on any atom is 0.0340 e. The second-order valence-electron chi connectivity index (χ2n) is 5.67. The Bertz CT molecular complexity index is 345. The van der Waals surface area contributed by atoms with Crippen molar-refractivity contribution < 1.29 is 0 Å². The van der Waals surface area contributed by atoms with Crippen LogP contribution < -0.4 is 5.32 Å². The van der Waals surface area contributed by atoms with E-state index in [0.717, 1.165) is 12.5 Å². The molecule has 100 valence electrons. The normalized spacial score (nSPS) is 21.6. The molecule has 2 heteroatoms. The summed E-state index contributed by atoms with van der Waals surface area (Å²) in [4.78, 5) is 2.60. The van der Waals surface area contributed by atoms with Crippen molar-refractivity contribution in [3.8, 4) is 0 Å². The molecule has 1 N–H and O–H groups in total. The molecule has 1 aliphatic heterocycles. The maximum absolute atomic E-state index is 3.51. The molecule has 0 radical (unpaired) electrons. The van der Waals surface area contributed by atoms with Crippen LogP contribution in [0.5, 0.6) is 0 Å². The Labute approximate surface area is 111 Å². The Morgan fingerprint density at radius 3 is 2.72 bits per heavy atom. The first-order valence-electron chi connectivity index (χ1n) is 7.27. The Balaban J connectivity index is 1.70. The van der Waals surface area contributed by atoms with Crippen LogP contribution in [0.1, 0.15) is 31.7 Å². The first-order valence-corrected chi connectivity index (χ1v) is 7.27. The highest BCUT2D eigenvalue weighted by molar-refractivity contribution is 5.44. The number of anilines is 1. The molecule has 1 atom stereocenters. The van der Waals surface area contributed by atoms with E-state index in [-0.39, 0.29) is 0 Å². The topological polar surface area (TPSA) is 15.3 Å². The SMILES string of the molecule is Cc1ccc(NCCN2CCCC(C)CC2)cc1. The summed E-state index contributed by atoms with van der Waals surface area (Å²) in [6, 6.07) is 8.66. The fourth-order valence-electron chi connectivity index (χ4n) is 2.58. The van der Waals surface area contributed by atoms with Crippen molar-refractivity contribution in [3.63, 3.8) is 0 Å². The van der Waals surface area contributed by atoms with Crippen LogP contribution in [0.3, 0.4) is 0 Å². The standard InChI is InChI=1S/C16H26N2/c1-14-4-3-11-18(12-9-14)13-10-17-16-7-5-15(2)6-8-16/h5-8,14,17H,3-4,9-13H2,1-2H3. The molecule has 0 amide bonds. The largest absolute Gasteiger partial charge is 0.384 e. The second-order valence-corrected chi connectivity index (χ2v) is 5.67. The van der Waals surface area contributed by atoms with E-state index in [9.17, 15) is 0 Å². The number of rotatable bonds is 4. The fraction of sp³-hybridized carbons (Fsp3) is 0.625. The van der Waals surface area contributed by atoms with Gasteiger partial charge in [-0.1, -0.05) is 24.6 Å². The monoisotopic (exact) mass is 246 g/mol. The highest BCUT2D eigenvalue weighted by Gasteiger charge is 2.12. The maximum atomic E-state index is 3.51. The van der Waals surface area contributed by atoms with Gasteiger partial charge >= 0.3 is 0 Å². The molecule has 1 aliphatic rings. The summed E-state index contributed by atoms with van der Waals surface area (Å²) < 4.78 is 0. The van der Waals surface area contributed by atoms with Gasteiger partial charge < -0.3 is 10.2 Å². The van der Waals surface area contributed by atoms with Gasteiger partial charge in [-0.25, -0.2) is 0 Å². The van der Waals surface area contributed by atoms with E-state index >= 15 is 0 Å². The van der Waals surface area contributed by atoms with Crippen LogP contribution in [0, 0.1) is 12.8 Å². The van der Waals surface area contributed by atoms with Crippen LogP contribution in [-0.4, -0.2) is 31.1 Å². The second kappa shape index (κ2) is 6.79. The third kappa shape index (κ3) is 4.34. The summed E-state index contributed by atoms with van der Waals surface area (Å²) in [5, 5.41) is 3.51. The third-order valence-electron chi connectivity index (χ3n) is 3.92. The number of nitrogens with one attached hydrogen (secondary N) is 1. The van der Waals surface area contributed by atoms with E-state index < -0.39 is 0 Å². The van der Waals surface area contributed by atoms with Gasteiger partial charge in [-0.15, -0.1) is 0 Å². The molecule has 18 heavy (non-hydrogen) atoms. The molecule has 1 aromatic rings. The third-order valence-corrected chi connectivity index (χ3v) is 3.92. The molecule has 0 aliphatic carbocycles. The predicted molar refractivity (Wildman–Crippen MR) is 79.1 cm³/mol. The average Bonchev–Trinajstić information content (AvgIpc) is 2.57. The van der Waals surface area contributed by atoms with E-state index in [0.29, 0.717) is 0 Å². The number of likely N-dealkylation sites (tertiary alicyclic amines) is 1. The lowest BCUT2D eigenvalue weighted by atomic mass is 10.0. The Kier molecular flexibility index (Phi) is 5.06. The van der Waals surface area contributed by atoms with Gasteiger partial charge in [-0.3, -0.25) is 0 Å². The number of benzene rings is 1. The van der Waals surface area contributed by atoms with Crippen LogP contribution in [0.25, 0.3) is 0 Å². The van der Waals surface area contributed by atoms with Gasteiger partial charge in [0.25, 0.3) is 0 Å². The summed E-state index contributed by atoms with van der Waals surface area (Å²) in [7, 11) is 0. The van der Waals surface area contributed by atoms with Gasteiger partial charge in [-0.2, -0.15) is 0 Å². The molecule has 1 saturated heterocycles. The highest BCUT2D eigenvalue weighted by atomic mass is 15.1. The molecule has 0 aromatic heterocycles. The first kappa shape index (κ1) is 13.4. The number of nitrogens with zero attached hydrogens (tertiary/aromatic N) is 1. The minimum absolute atomic E-state index is 0.917. The van der Waals surface area contributed by atoms with Gasteiger partial charge in [0.1, 0.15) is 0 Å². The molecule has 0 spiro atoms. The van der Waals surface area contributed by atoms with E-state index in [2.05, 4.69) is 48.3 Å². The molecule has 0 bridgehead atoms. The zero-order valence-corrected chi connectivity index (χ0v) is 11.8. The fourth-order valence-corrected chi connectivity index (χ4v) is 2.58.